The highest BCUT2D eigenvalue weighted by Gasteiger charge is 2.46. The predicted molar refractivity (Wildman–Crippen MR) is 108 cm³/mol. The number of nitrogens with zero attached hydrogens (tertiary/aromatic N) is 2. The summed E-state index contributed by atoms with van der Waals surface area (Å²) in [6, 6.07) is 14.1. The molecule has 1 aromatic heterocycles. The molecule has 0 radical (unpaired) electrons. The van der Waals surface area contributed by atoms with Crippen LogP contribution in [0.2, 0.25) is 0 Å². The van der Waals surface area contributed by atoms with Crippen molar-refractivity contribution in [2.24, 2.45) is 0 Å². The Labute approximate surface area is 166 Å². The van der Waals surface area contributed by atoms with Gasteiger partial charge in [0, 0.05) is 32.3 Å². The molecule has 1 N–H and O–H groups in total. The van der Waals surface area contributed by atoms with Crippen molar-refractivity contribution < 1.29 is 9.59 Å². The molecule has 1 aliphatic carbocycles. The Hall–Kier alpha value is -2.69. The number of likely N-dealkylation sites (tertiary alicyclic amines) is 1. The van der Waals surface area contributed by atoms with Gasteiger partial charge in [0.25, 0.3) is 5.91 Å². The van der Waals surface area contributed by atoms with E-state index in [2.05, 4.69) is 34.6 Å². The van der Waals surface area contributed by atoms with E-state index in [1.165, 1.54) is 11.1 Å². The number of piperidine rings is 1. The molecule has 5 heteroatoms. The van der Waals surface area contributed by atoms with E-state index in [1.54, 1.807) is 13.1 Å². The second kappa shape index (κ2) is 7.38. The van der Waals surface area contributed by atoms with E-state index in [0.717, 1.165) is 38.0 Å². The molecule has 2 aromatic rings. The summed E-state index contributed by atoms with van der Waals surface area (Å²) in [6.45, 7) is 3.37. The summed E-state index contributed by atoms with van der Waals surface area (Å²) in [4.78, 5) is 31.2. The molecule has 4 rings (SSSR count). The fourth-order valence-corrected chi connectivity index (χ4v) is 4.97. The van der Waals surface area contributed by atoms with Gasteiger partial charge in [0.15, 0.2) is 0 Å². The highest BCUT2D eigenvalue weighted by molar-refractivity contribution is 5.92. The van der Waals surface area contributed by atoms with Gasteiger partial charge in [0.2, 0.25) is 5.91 Å². The van der Waals surface area contributed by atoms with E-state index in [4.69, 9.17) is 0 Å². The summed E-state index contributed by atoms with van der Waals surface area (Å²) in [5.74, 6) is 0.374. The number of carbonyl (C=O) groups is 2. The number of hydrogen-bond donors (Lipinski definition) is 1. The Morgan fingerprint density at radius 3 is 2.61 bits per heavy atom. The van der Waals surface area contributed by atoms with Gasteiger partial charge in [-0.3, -0.25) is 9.59 Å². The lowest BCUT2D eigenvalue weighted by Gasteiger charge is -2.40. The van der Waals surface area contributed by atoms with Crippen LogP contribution in [-0.2, 0) is 10.2 Å². The Morgan fingerprint density at radius 2 is 1.89 bits per heavy atom. The minimum absolute atomic E-state index is 0.0201. The van der Waals surface area contributed by atoms with Gasteiger partial charge in [0.05, 0.1) is 0 Å². The molecule has 1 aliphatic heterocycles. The lowest BCUT2D eigenvalue weighted by Crippen LogP contribution is -2.44. The van der Waals surface area contributed by atoms with Crippen molar-refractivity contribution >= 4 is 11.8 Å². The first-order chi connectivity index (χ1) is 13.5. The maximum atomic E-state index is 12.9. The average molecular weight is 377 g/mol. The number of benzene rings is 1. The first-order valence-electron chi connectivity index (χ1n) is 10.1. The lowest BCUT2D eigenvalue weighted by atomic mass is 9.73. The maximum absolute atomic E-state index is 12.9. The molecule has 1 atom stereocenters. The Kier molecular flexibility index (Phi) is 4.92. The van der Waals surface area contributed by atoms with Crippen molar-refractivity contribution in [3.05, 3.63) is 65.0 Å². The standard InChI is InChI=1S/C23H27N3O2/c1-16-6-5-9-20(25-16)22(28)26-12-10-23(11-13-26)15-17(14-21(27)24-2)18-7-3-4-8-19(18)23/h3-9,17H,10-15H2,1-2H3,(H,24,27)/t17-/m1/s1. The van der Waals surface area contributed by atoms with E-state index in [1.807, 2.05) is 24.0 Å². The van der Waals surface area contributed by atoms with Gasteiger partial charge in [0.1, 0.15) is 5.69 Å². The third kappa shape index (κ3) is 3.30. The van der Waals surface area contributed by atoms with Crippen LogP contribution in [0, 0.1) is 6.92 Å². The third-order valence-electron chi connectivity index (χ3n) is 6.43. The minimum atomic E-state index is 0.0201. The van der Waals surface area contributed by atoms with Crippen molar-refractivity contribution in [3.8, 4) is 0 Å². The zero-order chi connectivity index (χ0) is 19.7. The first kappa shape index (κ1) is 18.7. The summed E-state index contributed by atoms with van der Waals surface area (Å²) in [5, 5.41) is 2.76. The fraction of sp³-hybridized carbons (Fsp3) is 0.435. The van der Waals surface area contributed by atoms with Gasteiger partial charge < -0.3 is 10.2 Å². The Morgan fingerprint density at radius 1 is 1.14 bits per heavy atom. The van der Waals surface area contributed by atoms with Crippen LogP contribution in [0.25, 0.3) is 0 Å². The first-order valence-corrected chi connectivity index (χ1v) is 10.1. The summed E-state index contributed by atoms with van der Waals surface area (Å²) in [5.41, 5.74) is 4.16. The smallest absolute Gasteiger partial charge is 0.272 e. The molecule has 5 nitrogen and oxygen atoms in total. The van der Waals surface area contributed by atoms with Gasteiger partial charge in [-0.1, -0.05) is 30.3 Å². The SMILES string of the molecule is CNC(=O)C[C@@H]1CC2(CCN(C(=O)c3cccc(C)n3)CC2)c2ccccc21. The minimum Gasteiger partial charge on any atom is -0.359 e. The largest absolute Gasteiger partial charge is 0.359 e. The quantitative estimate of drug-likeness (QED) is 0.894. The van der Waals surface area contributed by atoms with Crippen LogP contribution < -0.4 is 5.32 Å². The average Bonchev–Trinajstić information content (AvgIpc) is 3.01. The molecular weight excluding hydrogens is 350 g/mol. The molecule has 2 aliphatic rings. The monoisotopic (exact) mass is 377 g/mol. The van der Waals surface area contributed by atoms with E-state index in [0.29, 0.717) is 12.1 Å². The van der Waals surface area contributed by atoms with Crippen molar-refractivity contribution in [3.63, 3.8) is 0 Å². The fourth-order valence-electron chi connectivity index (χ4n) is 4.97. The number of pyridine rings is 1. The molecule has 2 heterocycles. The molecule has 1 spiro atoms. The van der Waals surface area contributed by atoms with Crippen LogP contribution in [0.15, 0.2) is 42.5 Å². The lowest BCUT2D eigenvalue weighted by molar-refractivity contribution is -0.121. The van der Waals surface area contributed by atoms with Gasteiger partial charge in [-0.25, -0.2) is 4.98 Å². The highest BCUT2D eigenvalue weighted by Crippen LogP contribution is 2.52. The Bertz CT molecular complexity index is 900. The van der Waals surface area contributed by atoms with Crippen molar-refractivity contribution in [2.75, 3.05) is 20.1 Å². The van der Waals surface area contributed by atoms with Crippen LogP contribution >= 0.6 is 0 Å². The molecule has 146 valence electrons. The normalized spacial score (nSPS) is 20.1. The van der Waals surface area contributed by atoms with Crippen LogP contribution in [0.1, 0.15) is 58.9 Å². The summed E-state index contributed by atoms with van der Waals surface area (Å²) in [7, 11) is 1.70. The molecule has 0 bridgehead atoms. The molecule has 1 saturated heterocycles. The number of aryl methyl sites for hydroxylation is 1. The van der Waals surface area contributed by atoms with Crippen LogP contribution in [0.3, 0.4) is 0 Å². The van der Waals surface area contributed by atoms with Gasteiger partial charge in [-0.15, -0.1) is 0 Å². The van der Waals surface area contributed by atoms with Gasteiger partial charge in [-0.05, 0) is 60.8 Å². The number of rotatable bonds is 3. The third-order valence-corrected chi connectivity index (χ3v) is 6.43. The zero-order valence-corrected chi connectivity index (χ0v) is 16.6. The molecule has 28 heavy (non-hydrogen) atoms. The van der Waals surface area contributed by atoms with E-state index in [-0.39, 0.29) is 23.1 Å². The van der Waals surface area contributed by atoms with Crippen LogP contribution in [0.4, 0.5) is 0 Å². The number of fused-ring (bicyclic) bond motifs is 2. The number of nitrogens with one attached hydrogen (secondary N) is 1. The molecular formula is C23H27N3O2. The van der Waals surface area contributed by atoms with Crippen LogP contribution in [-0.4, -0.2) is 41.8 Å². The molecule has 2 amide bonds. The summed E-state index contributed by atoms with van der Waals surface area (Å²) in [6.07, 6.45) is 3.40. The molecule has 1 aromatic carbocycles. The van der Waals surface area contributed by atoms with Crippen molar-refractivity contribution in [1.29, 1.82) is 0 Å². The van der Waals surface area contributed by atoms with Crippen molar-refractivity contribution in [1.82, 2.24) is 15.2 Å². The zero-order valence-electron chi connectivity index (χ0n) is 16.6. The molecule has 0 unspecified atom stereocenters. The summed E-state index contributed by atoms with van der Waals surface area (Å²) < 4.78 is 0. The number of aromatic nitrogens is 1. The predicted octanol–water partition coefficient (Wildman–Crippen LogP) is 3.19. The summed E-state index contributed by atoms with van der Waals surface area (Å²) >= 11 is 0. The van der Waals surface area contributed by atoms with Crippen LogP contribution in [0.5, 0.6) is 0 Å². The van der Waals surface area contributed by atoms with Gasteiger partial charge >= 0.3 is 0 Å². The topological polar surface area (TPSA) is 62.3 Å². The van der Waals surface area contributed by atoms with E-state index < -0.39 is 0 Å². The Balaban J connectivity index is 1.52. The van der Waals surface area contributed by atoms with E-state index >= 15 is 0 Å². The maximum Gasteiger partial charge on any atom is 0.272 e. The van der Waals surface area contributed by atoms with E-state index in [9.17, 15) is 9.59 Å². The highest BCUT2D eigenvalue weighted by atomic mass is 16.2. The second-order valence-electron chi connectivity index (χ2n) is 8.10. The molecule has 1 fully saturated rings. The number of hydrogen-bond acceptors (Lipinski definition) is 3. The van der Waals surface area contributed by atoms with Crippen molar-refractivity contribution in [2.45, 2.75) is 43.9 Å². The van der Waals surface area contributed by atoms with Gasteiger partial charge in [-0.2, -0.15) is 0 Å². The number of carbonyl (C=O) groups excluding carboxylic acids is 2. The number of amides is 2. The molecule has 0 saturated carbocycles. The second-order valence-corrected chi connectivity index (χ2v) is 8.10.